The number of hydrogen-bond acceptors (Lipinski definition) is 1. The van der Waals surface area contributed by atoms with E-state index in [0.717, 1.165) is 19.6 Å². The molecule has 0 bridgehead atoms. The summed E-state index contributed by atoms with van der Waals surface area (Å²) in [5, 5.41) is 2.83. The molecule has 1 fully saturated rings. The first kappa shape index (κ1) is 18.3. The van der Waals surface area contributed by atoms with Gasteiger partial charge < -0.3 is 15.1 Å². The lowest BCUT2D eigenvalue weighted by Gasteiger charge is -2.33. The third-order valence-corrected chi connectivity index (χ3v) is 4.85. The van der Waals surface area contributed by atoms with Crippen molar-refractivity contribution >= 4 is 29.2 Å². The lowest BCUT2D eigenvalue weighted by Crippen LogP contribution is -3.14. The standard InChI is InChI=1S/C16H22Cl2FN3O/c1-3-21-6-8-22(9-7-21)16(23)20-14(15(17)18)12-5-4-11(2)13(19)10-12/h4-5,10,14-15H,3,6-9H2,1-2H3,(H,20,23)/p+1/t14-/m1/s1. The molecule has 0 radical (unpaired) electrons. The van der Waals surface area contributed by atoms with Crippen LogP contribution < -0.4 is 10.2 Å². The summed E-state index contributed by atoms with van der Waals surface area (Å²) in [6.45, 7) is 8.13. The molecule has 1 aliphatic heterocycles. The normalized spacial score (nSPS) is 17.4. The fraction of sp³-hybridized carbons (Fsp3) is 0.562. The van der Waals surface area contributed by atoms with Crippen LogP contribution >= 0.6 is 23.2 Å². The van der Waals surface area contributed by atoms with Crippen LogP contribution in [0.25, 0.3) is 0 Å². The number of hydrogen-bond donors (Lipinski definition) is 2. The van der Waals surface area contributed by atoms with E-state index in [1.165, 1.54) is 11.0 Å². The molecule has 1 atom stereocenters. The van der Waals surface area contributed by atoms with Gasteiger partial charge in [-0.05, 0) is 31.0 Å². The number of halogens is 3. The molecule has 0 aliphatic carbocycles. The van der Waals surface area contributed by atoms with E-state index in [4.69, 9.17) is 23.2 Å². The van der Waals surface area contributed by atoms with Crippen molar-refractivity contribution in [1.29, 1.82) is 0 Å². The second kappa shape index (κ2) is 8.18. The molecule has 4 nitrogen and oxygen atoms in total. The Morgan fingerprint density at radius 3 is 2.57 bits per heavy atom. The van der Waals surface area contributed by atoms with Crippen LogP contribution in [0.2, 0.25) is 0 Å². The number of nitrogens with zero attached hydrogens (tertiary/aromatic N) is 1. The van der Waals surface area contributed by atoms with Gasteiger partial charge >= 0.3 is 6.03 Å². The third kappa shape index (κ3) is 4.72. The number of nitrogens with one attached hydrogen (secondary N) is 2. The van der Waals surface area contributed by atoms with Crippen molar-refractivity contribution in [3.05, 3.63) is 35.1 Å². The fourth-order valence-corrected chi connectivity index (χ4v) is 3.12. The first-order valence-electron chi connectivity index (χ1n) is 7.85. The lowest BCUT2D eigenvalue weighted by atomic mass is 10.1. The molecule has 128 valence electrons. The number of carbonyl (C=O) groups is 1. The summed E-state index contributed by atoms with van der Waals surface area (Å²) in [6, 6.07) is 3.91. The molecular weight excluding hydrogens is 340 g/mol. The number of carbonyl (C=O) groups excluding carboxylic acids is 1. The van der Waals surface area contributed by atoms with Crippen molar-refractivity contribution in [2.75, 3.05) is 32.7 Å². The fourth-order valence-electron chi connectivity index (χ4n) is 2.70. The Labute approximate surface area is 146 Å². The topological polar surface area (TPSA) is 36.8 Å². The minimum Gasteiger partial charge on any atom is -0.332 e. The van der Waals surface area contributed by atoms with Gasteiger partial charge in [0.1, 0.15) is 10.7 Å². The van der Waals surface area contributed by atoms with Crippen molar-refractivity contribution in [3.8, 4) is 0 Å². The van der Waals surface area contributed by atoms with E-state index < -0.39 is 10.9 Å². The molecular formula is C16H23Cl2FN3O+. The van der Waals surface area contributed by atoms with Gasteiger partial charge in [0.05, 0.1) is 38.8 Å². The van der Waals surface area contributed by atoms with Crippen LogP contribution in [0.3, 0.4) is 0 Å². The van der Waals surface area contributed by atoms with Gasteiger partial charge in [-0.15, -0.1) is 23.2 Å². The van der Waals surface area contributed by atoms with Gasteiger partial charge in [0, 0.05) is 0 Å². The minimum atomic E-state index is -0.858. The number of alkyl halides is 2. The summed E-state index contributed by atoms with van der Waals surface area (Å²) in [5.41, 5.74) is 1.10. The van der Waals surface area contributed by atoms with Gasteiger partial charge in [-0.3, -0.25) is 0 Å². The first-order chi connectivity index (χ1) is 10.9. The number of rotatable bonds is 4. The van der Waals surface area contributed by atoms with E-state index in [1.807, 2.05) is 0 Å². The van der Waals surface area contributed by atoms with Crippen molar-refractivity contribution in [1.82, 2.24) is 10.2 Å². The van der Waals surface area contributed by atoms with Crippen LogP contribution in [0.1, 0.15) is 24.1 Å². The molecule has 0 aromatic heterocycles. The highest BCUT2D eigenvalue weighted by molar-refractivity contribution is 6.44. The maximum atomic E-state index is 13.8. The Morgan fingerprint density at radius 1 is 1.39 bits per heavy atom. The quantitative estimate of drug-likeness (QED) is 0.788. The Morgan fingerprint density at radius 2 is 2.04 bits per heavy atom. The largest absolute Gasteiger partial charge is 0.332 e. The van der Waals surface area contributed by atoms with E-state index >= 15 is 0 Å². The number of urea groups is 1. The first-order valence-corrected chi connectivity index (χ1v) is 8.72. The number of quaternary nitrogens is 1. The van der Waals surface area contributed by atoms with Gasteiger partial charge in [0.25, 0.3) is 0 Å². The maximum Gasteiger partial charge on any atom is 0.318 e. The predicted molar refractivity (Wildman–Crippen MR) is 90.7 cm³/mol. The van der Waals surface area contributed by atoms with E-state index in [1.54, 1.807) is 24.0 Å². The number of likely N-dealkylation sites (N-methyl/N-ethyl adjacent to an activating group) is 1. The van der Waals surface area contributed by atoms with Gasteiger partial charge in [-0.25, -0.2) is 9.18 Å². The minimum absolute atomic E-state index is 0.211. The van der Waals surface area contributed by atoms with Crippen LogP contribution in [-0.4, -0.2) is 48.5 Å². The van der Waals surface area contributed by atoms with E-state index in [9.17, 15) is 9.18 Å². The zero-order chi connectivity index (χ0) is 17.0. The molecule has 1 heterocycles. The zero-order valence-corrected chi connectivity index (χ0v) is 14.9. The average Bonchev–Trinajstić information content (AvgIpc) is 2.55. The average molecular weight is 363 g/mol. The molecule has 7 heteroatoms. The van der Waals surface area contributed by atoms with E-state index in [0.29, 0.717) is 24.2 Å². The Balaban J connectivity index is 2.04. The van der Waals surface area contributed by atoms with E-state index in [2.05, 4.69) is 12.2 Å². The third-order valence-electron chi connectivity index (χ3n) is 4.34. The summed E-state index contributed by atoms with van der Waals surface area (Å²) in [6.07, 6.45) is 0. The Bertz CT molecular complexity index is 548. The van der Waals surface area contributed by atoms with Gasteiger partial charge in [0.15, 0.2) is 0 Å². The summed E-state index contributed by atoms with van der Waals surface area (Å²) >= 11 is 12.0. The molecule has 0 unspecified atom stereocenters. The van der Waals surface area contributed by atoms with Crippen LogP contribution in [0.15, 0.2) is 18.2 Å². The molecule has 1 saturated heterocycles. The van der Waals surface area contributed by atoms with Crippen molar-refractivity contribution < 1.29 is 14.1 Å². The van der Waals surface area contributed by atoms with Gasteiger partial charge in [-0.2, -0.15) is 0 Å². The number of amides is 2. The van der Waals surface area contributed by atoms with Gasteiger partial charge in [-0.1, -0.05) is 12.1 Å². The Hall–Kier alpha value is -1.04. The molecule has 23 heavy (non-hydrogen) atoms. The second-order valence-electron chi connectivity index (χ2n) is 5.86. The molecule has 2 amide bonds. The molecule has 2 rings (SSSR count). The summed E-state index contributed by atoms with van der Waals surface area (Å²) in [7, 11) is 0. The summed E-state index contributed by atoms with van der Waals surface area (Å²) < 4.78 is 13.8. The van der Waals surface area contributed by atoms with Crippen LogP contribution in [0, 0.1) is 12.7 Å². The molecule has 1 aliphatic rings. The lowest BCUT2D eigenvalue weighted by molar-refractivity contribution is -0.902. The molecule has 1 aromatic rings. The monoisotopic (exact) mass is 362 g/mol. The zero-order valence-electron chi connectivity index (χ0n) is 13.4. The van der Waals surface area contributed by atoms with Crippen LogP contribution in [-0.2, 0) is 0 Å². The number of piperazine rings is 1. The number of benzene rings is 1. The summed E-state index contributed by atoms with van der Waals surface area (Å²) in [4.78, 5) is 14.8. The highest BCUT2D eigenvalue weighted by Crippen LogP contribution is 2.26. The van der Waals surface area contributed by atoms with Crippen molar-refractivity contribution in [2.45, 2.75) is 24.7 Å². The smallest absolute Gasteiger partial charge is 0.318 e. The van der Waals surface area contributed by atoms with Crippen molar-refractivity contribution in [3.63, 3.8) is 0 Å². The maximum absolute atomic E-state index is 13.8. The van der Waals surface area contributed by atoms with E-state index in [-0.39, 0.29) is 11.8 Å². The van der Waals surface area contributed by atoms with Crippen molar-refractivity contribution in [2.24, 2.45) is 0 Å². The second-order valence-corrected chi connectivity index (χ2v) is 7.02. The Kier molecular flexibility index (Phi) is 6.50. The SMILES string of the molecule is CC[NH+]1CCN(C(=O)N[C@H](c2ccc(C)c(F)c2)C(Cl)Cl)CC1. The number of aryl methyl sites for hydroxylation is 1. The highest BCUT2D eigenvalue weighted by Gasteiger charge is 2.27. The highest BCUT2D eigenvalue weighted by atomic mass is 35.5. The molecule has 0 saturated carbocycles. The summed E-state index contributed by atoms with van der Waals surface area (Å²) in [5.74, 6) is -0.337. The molecule has 0 spiro atoms. The molecule has 1 aromatic carbocycles. The van der Waals surface area contributed by atoms with Crippen LogP contribution in [0.5, 0.6) is 0 Å². The van der Waals surface area contributed by atoms with Crippen LogP contribution in [0.4, 0.5) is 9.18 Å². The molecule has 2 N–H and O–H groups in total. The predicted octanol–water partition coefficient (Wildman–Crippen LogP) is 1.91. The van der Waals surface area contributed by atoms with Gasteiger partial charge in [0.2, 0.25) is 0 Å².